The Bertz CT molecular complexity index is 456. The summed E-state index contributed by atoms with van der Waals surface area (Å²) in [7, 11) is 0. The molecule has 2 rings (SSSR count). The molecule has 0 radical (unpaired) electrons. The molecule has 0 saturated heterocycles. The fraction of sp³-hybridized carbons (Fsp3) is 0.588. The fourth-order valence-corrected chi connectivity index (χ4v) is 2.97. The molecular weight excluding hydrogens is 264 g/mol. The van der Waals surface area contributed by atoms with Crippen molar-refractivity contribution in [1.29, 1.82) is 0 Å². The first-order valence-corrected chi connectivity index (χ1v) is 7.93. The van der Waals surface area contributed by atoms with Gasteiger partial charge >= 0.3 is 0 Å². The van der Waals surface area contributed by atoms with Crippen molar-refractivity contribution in [3.8, 4) is 5.75 Å². The molecule has 1 saturated carbocycles. The monoisotopic (exact) mass is 290 g/mol. The van der Waals surface area contributed by atoms with Crippen molar-refractivity contribution >= 4 is 11.6 Å². The molecule has 0 aliphatic heterocycles. The standard InChI is InChI=1S/C17H26N2O2/c1-13(14-7-3-2-4-8-14)19-15-9-5-6-10-16(15)21-12-11-17(18)20/h5-6,9-10,13-14,19H,2-4,7-8,11-12H2,1H3,(H2,18,20). The van der Waals surface area contributed by atoms with Crippen LogP contribution in [0.5, 0.6) is 5.75 Å². The number of nitrogens with two attached hydrogens (primary N) is 1. The maximum Gasteiger partial charge on any atom is 0.220 e. The minimum absolute atomic E-state index is 0.243. The van der Waals surface area contributed by atoms with E-state index in [1.54, 1.807) is 0 Å². The SMILES string of the molecule is CC(Nc1ccccc1OCCC(N)=O)C1CCCCC1. The number of para-hydroxylation sites is 2. The van der Waals surface area contributed by atoms with Crippen LogP contribution in [0.1, 0.15) is 45.4 Å². The zero-order valence-corrected chi connectivity index (χ0v) is 12.8. The molecular formula is C17H26N2O2. The van der Waals surface area contributed by atoms with Crippen LogP contribution in [-0.2, 0) is 4.79 Å². The Morgan fingerprint density at radius 1 is 1.33 bits per heavy atom. The van der Waals surface area contributed by atoms with Crippen molar-refractivity contribution in [3.05, 3.63) is 24.3 Å². The van der Waals surface area contributed by atoms with Gasteiger partial charge in [-0.2, -0.15) is 0 Å². The molecule has 0 spiro atoms. The molecule has 116 valence electrons. The topological polar surface area (TPSA) is 64.3 Å². The number of carbonyl (C=O) groups is 1. The Balaban J connectivity index is 1.93. The van der Waals surface area contributed by atoms with Crippen LogP contribution in [0.15, 0.2) is 24.3 Å². The summed E-state index contributed by atoms with van der Waals surface area (Å²) in [6, 6.07) is 8.33. The van der Waals surface area contributed by atoms with Gasteiger partial charge in [0.2, 0.25) is 5.91 Å². The Kier molecular flexibility index (Phi) is 5.90. The maximum absolute atomic E-state index is 10.8. The smallest absolute Gasteiger partial charge is 0.220 e. The first-order valence-electron chi connectivity index (χ1n) is 7.93. The van der Waals surface area contributed by atoms with Gasteiger partial charge in [0, 0.05) is 6.04 Å². The third kappa shape index (κ3) is 4.96. The van der Waals surface area contributed by atoms with Crippen molar-refractivity contribution in [1.82, 2.24) is 0 Å². The number of rotatable bonds is 7. The second-order valence-corrected chi connectivity index (χ2v) is 5.89. The molecule has 0 aromatic heterocycles. The van der Waals surface area contributed by atoms with Gasteiger partial charge in [-0.3, -0.25) is 4.79 Å². The van der Waals surface area contributed by atoms with Gasteiger partial charge in [-0.25, -0.2) is 0 Å². The molecule has 0 bridgehead atoms. The zero-order valence-electron chi connectivity index (χ0n) is 12.8. The summed E-state index contributed by atoms with van der Waals surface area (Å²) in [5.41, 5.74) is 6.14. The molecule has 4 heteroatoms. The maximum atomic E-state index is 10.8. The number of hydrogen-bond acceptors (Lipinski definition) is 3. The normalized spacial score (nSPS) is 17.2. The quantitative estimate of drug-likeness (QED) is 0.809. The largest absolute Gasteiger partial charge is 0.491 e. The minimum Gasteiger partial charge on any atom is -0.491 e. The third-order valence-corrected chi connectivity index (χ3v) is 4.23. The van der Waals surface area contributed by atoms with E-state index in [4.69, 9.17) is 10.5 Å². The van der Waals surface area contributed by atoms with E-state index in [2.05, 4.69) is 12.2 Å². The lowest BCUT2D eigenvalue weighted by molar-refractivity contribution is -0.118. The second kappa shape index (κ2) is 7.91. The van der Waals surface area contributed by atoms with Gasteiger partial charge in [-0.15, -0.1) is 0 Å². The van der Waals surface area contributed by atoms with E-state index in [0.29, 0.717) is 12.6 Å². The Labute approximate surface area is 127 Å². The number of hydrogen-bond donors (Lipinski definition) is 2. The number of anilines is 1. The minimum atomic E-state index is -0.337. The lowest BCUT2D eigenvalue weighted by Crippen LogP contribution is -2.27. The number of carbonyl (C=O) groups excluding carboxylic acids is 1. The molecule has 3 N–H and O–H groups in total. The molecule has 1 aromatic carbocycles. The zero-order chi connectivity index (χ0) is 15.1. The van der Waals surface area contributed by atoms with Gasteiger partial charge in [0.05, 0.1) is 18.7 Å². The molecule has 1 aliphatic rings. The van der Waals surface area contributed by atoms with E-state index in [1.165, 1.54) is 32.1 Å². The molecule has 1 amide bonds. The Hall–Kier alpha value is -1.71. The molecule has 4 nitrogen and oxygen atoms in total. The molecule has 1 fully saturated rings. The molecule has 1 aromatic rings. The summed E-state index contributed by atoms with van der Waals surface area (Å²) >= 11 is 0. The van der Waals surface area contributed by atoms with E-state index in [0.717, 1.165) is 17.4 Å². The summed E-state index contributed by atoms with van der Waals surface area (Å²) < 4.78 is 5.67. The van der Waals surface area contributed by atoms with Crippen LogP contribution < -0.4 is 15.8 Å². The first kappa shape index (κ1) is 15.7. The van der Waals surface area contributed by atoms with Crippen LogP contribution in [-0.4, -0.2) is 18.6 Å². The molecule has 1 unspecified atom stereocenters. The highest BCUT2D eigenvalue weighted by atomic mass is 16.5. The van der Waals surface area contributed by atoms with E-state index in [-0.39, 0.29) is 12.3 Å². The van der Waals surface area contributed by atoms with Gasteiger partial charge in [0.1, 0.15) is 5.75 Å². The average molecular weight is 290 g/mol. The number of primary amides is 1. The van der Waals surface area contributed by atoms with Gasteiger partial charge in [-0.05, 0) is 37.8 Å². The van der Waals surface area contributed by atoms with Crippen LogP contribution in [0.4, 0.5) is 5.69 Å². The summed E-state index contributed by atoms with van der Waals surface area (Å²) in [6.07, 6.45) is 6.90. The van der Waals surface area contributed by atoms with Crippen molar-refractivity contribution in [2.75, 3.05) is 11.9 Å². The van der Waals surface area contributed by atoms with Crippen molar-refractivity contribution in [3.63, 3.8) is 0 Å². The van der Waals surface area contributed by atoms with Crippen molar-refractivity contribution in [2.24, 2.45) is 11.7 Å². The highest BCUT2D eigenvalue weighted by Gasteiger charge is 2.20. The van der Waals surface area contributed by atoms with Gasteiger partial charge in [0.25, 0.3) is 0 Å². The summed E-state index contributed by atoms with van der Waals surface area (Å²) in [5, 5.41) is 3.58. The number of benzene rings is 1. The first-order chi connectivity index (χ1) is 10.2. The van der Waals surface area contributed by atoms with E-state index >= 15 is 0 Å². The third-order valence-electron chi connectivity index (χ3n) is 4.23. The van der Waals surface area contributed by atoms with Gasteiger partial charge < -0.3 is 15.8 Å². The number of amides is 1. The van der Waals surface area contributed by atoms with Gasteiger partial charge in [0.15, 0.2) is 0 Å². The van der Waals surface area contributed by atoms with E-state index in [1.807, 2.05) is 24.3 Å². The lowest BCUT2D eigenvalue weighted by Gasteiger charge is -2.29. The summed E-state index contributed by atoms with van der Waals surface area (Å²) in [5.74, 6) is 1.19. The number of ether oxygens (including phenoxy) is 1. The van der Waals surface area contributed by atoms with Crippen LogP contribution >= 0.6 is 0 Å². The molecule has 1 atom stereocenters. The second-order valence-electron chi connectivity index (χ2n) is 5.89. The Morgan fingerprint density at radius 2 is 2.05 bits per heavy atom. The number of nitrogens with one attached hydrogen (secondary N) is 1. The summed E-state index contributed by atoms with van der Waals surface area (Å²) in [6.45, 7) is 2.57. The average Bonchev–Trinajstić information content (AvgIpc) is 2.49. The molecule has 21 heavy (non-hydrogen) atoms. The predicted octanol–water partition coefficient (Wildman–Crippen LogP) is 3.32. The lowest BCUT2D eigenvalue weighted by atomic mass is 9.84. The van der Waals surface area contributed by atoms with Crippen molar-refractivity contribution < 1.29 is 9.53 Å². The van der Waals surface area contributed by atoms with E-state index in [9.17, 15) is 4.79 Å². The van der Waals surface area contributed by atoms with Crippen molar-refractivity contribution in [2.45, 2.75) is 51.5 Å². The van der Waals surface area contributed by atoms with Crippen LogP contribution in [0.2, 0.25) is 0 Å². The van der Waals surface area contributed by atoms with E-state index < -0.39 is 0 Å². The molecule has 0 heterocycles. The van der Waals surface area contributed by atoms with Crippen LogP contribution in [0.25, 0.3) is 0 Å². The van der Waals surface area contributed by atoms with Crippen LogP contribution in [0.3, 0.4) is 0 Å². The highest BCUT2D eigenvalue weighted by molar-refractivity contribution is 5.73. The predicted molar refractivity (Wildman–Crippen MR) is 85.4 cm³/mol. The highest BCUT2D eigenvalue weighted by Crippen LogP contribution is 2.31. The fourth-order valence-electron chi connectivity index (χ4n) is 2.97. The summed E-state index contributed by atoms with van der Waals surface area (Å²) in [4.78, 5) is 10.8. The van der Waals surface area contributed by atoms with Gasteiger partial charge in [-0.1, -0.05) is 31.4 Å². The molecule has 1 aliphatic carbocycles. The van der Waals surface area contributed by atoms with Crippen LogP contribution in [0, 0.1) is 5.92 Å². The Morgan fingerprint density at radius 3 is 2.76 bits per heavy atom.